The van der Waals surface area contributed by atoms with Crippen molar-refractivity contribution in [3.63, 3.8) is 0 Å². The van der Waals surface area contributed by atoms with Crippen LogP contribution in [0.4, 0.5) is 5.69 Å². The molecule has 0 heterocycles. The largest absolute Gasteiger partial charge is 0.357 e. The van der Waals surface area contributed by atoms with Crippen molar-refractivity contribution in [2.75, 3.05) is 24.2 Å². The van der Waals surface area contributed by atoms with Crippen molar-refractivity contribution in [2.24, 2.45) is 0 Å². The van der Waals surface area contributed by atoms with Gasteiger partial charge in [0, 0.05) is 17.2 Å². The molecule has 156 valence electrons. The number of likely N-dealkylation sites (N-methyl/N-ethyl adjacent to an activating group) is 1. The molecule has 7 nitrogen and oxygen atoms in total. The maximum Gasteiger partial charge on any atom is 0.244 e. The van der Waals surface area contributed by atoms with E-state index in [0.29, 0.717) is 5.69 Å². The molecule has 2 rings (SSSR count). The molecular formula is C20H24IN3O4S. The SMILES string of the molecule is CNC(=O)[C@H](C)N(Cc1ccccc1)C(=O)CN(c1ccc(I)cc1)S(C)(=O)=O. The van der Waals surface area contributed by atoms with Gasteiger partial charge in [-0.05, 0) is 59.3 Å². The third-order valence-corrected chi connectivity index (χ3v) is 6.26. The Morgan fingerprint density at radius 3 is 2.17 bits per heavy atom. The number of hydrogen-bond donors (Lipinski definition) is 1. The molecule has 0 aromatic heterocycles. The number of anilines is 1. The minimum absolute atomic E-state index is 0.193. The summed E-state index contributed by atoms with van der Waals surface area (Å²) in [5.74, 6) is -0.789. The number of halogens is 1. The third kappa shape index (κ3) is 6.43. The van der Waals surface area contributed by atoms with Crippen molar-refractivity contribution >= 4 is 50.1 Å². The first kappa shape index (κ1) is 23.1. The van der Waals surface area contributed by atoms with E-state index in [0.717, 1.165) is 19.7 Å². The molecule has 0 aliphatic carbocycles. The van der Waals surface area contributed by atoms with Crippen LogP contribution in [-0.2, 0) is 26.2 Å². The Morgan fingerprint density at radius 1 is 1.07 bits per heavy atom. The van der Waals surface area contributed by atoms with Gasteiger partial charge in [-0.2, -0.15) is 0 Å². The zero-order chi connectivity index (χ0) is 21.6. The number of carbonyl (C=O) groups excluding carboxylic acids is 2. The summed E-state index contributed by atoms with van der Waals surface area (Å²) in [6, 6.07) is 15.3. The van der Waals surface area contributed by atoms with Gasteiger partial charge in [0.05, 0.1) is 11.9 Å². The Bertz CT molecular complexity index is 949. The maximum absolute atomic E-state index is 13.1. The average Bonchev–Trinajstić information content (AvgIpc) is 2.69. The highest BCUT2D eigenvalue weighted by atomic mass is 127. The molecule has 0 spiro atoms. The zero-order valence-electron chi connectivity index (χ0n) is 16.5. The first-order chi connectivity index (χ1) is 13.6. The number of amides is 2. The van der Waals surface area contributed by atoms with Gasteiger partial charge in [-0.15, -0.1) is 0 Å². The molecule has 0 saturated heterocycles. The lowest BCUT2D eigenvalue weighted by atomic mass is 10.1. The lowest BCUT2D eigenvalue weighted by Gasteiger charge is -2.31. The third-order valence-electron chi connectivity index (χ3n) is 4.40. The number of benzene rings is 2. The molecule has 2 aromatic rings. The predicted molar refractivity (Wildman–Crippen MR) is 122 cm³/mol. The lowest BCUT2D eigenvalue weighted by molar-refractivity contribution is -0.139. The molecule has 29 heavy (non-hydrogen) atoms. The Balaban J connectivity index is 2.34. The van der Waals surface area contributed by atoms with Gasteiger partial charge >= 0.3 is 0 Å². The van der Waals surface area contributed by atoms with Gasteiger partial charge in [-0.1, -0.05) is 30.3 Å². The first-order valence-corrected chi connectivity index (χ1v) is 11.8. The van der Waals surface area contributed by atoms with Gasteiger partial charge < -0.3 is 10.2 Å². The molecular weight excluding hydrogens is 505 g/mol. The quantitative estimate of drug-likeness (QED) is 0.532. The standard InChI is InChI=1S/C20H24IN3O4S/c1-15(20(26)22-2)23(13-16-7-5-4-6-8-16)19(25)14-24(29(3,27)28)18-11-9-17(21)10-12-18/h4-12,15H,13-14H2,1-3H3,(H,22,26)/t15-/m0/s1. The second kappa shape index (κ2) is 10.1. The maximum atomic E-state index is 13.1. The van der Waals surface area contributed by atoms with E-state index in [-0.39, 0.29) is 12.5 Å². The van der Waals surface area contributed by atoms with Crippen molar-refractivity contribution in [3.05, 3.63) is 63.7 Å². The van der Waals surface area contributed by atoms with Crippen LogP contribution in [0.2, 0.25) is 0 Å². The van der Waals surface area contributed by atoms with Crippen molar-refractivity contribution in [2.45, 2.75) is 19.5 Å². The molecule has 0 aliphatic rings. The summed E-state index contributed by atoms with van der Waals surface area (Å²) in [4.78, 5) is 26.7. The summed E-state index contributed by atoms with van der Waals surface area (Å²) < 4.78 is 26.7. The van der Waals surface area contributed by atoms with Crippen LogP contribution in [0.15, 0.2) is 54.6 Å². The number of rotatable bonds is 8. The topological polar surface area (TPSA) is 86.8 Å². The van der Waals surface area contributed by atoms with Crippen LogP contribution in [0.3, 0.4) is 0 Å². The van der Waals surface area contributed by atoms with Gasteiger partial charge in [0.1, 0.15) is 12.6 Å². The Morgan fingerprint density at radius 2 is 1.66 bits per heavy atom. The van der Waals surface area contributed by atoms with Crippen LogP contribution >= 0.6 is 22.6 Å². The van der Waals surface area contributed by atoms with E-state index in [9.17, 15) is 18.0 Å². The first-order valence-electron chi connectivity index (χ1n) is 8.91. The summed E-state index contributed by atoms with van der Waals surface area (Å²) >= 11 is 2.12. The molecule has 0 aliphatic heterocycles. The van der Waals surface area contributed by atoms with Crippen molar-refractivity contribution in [1.29, 1.82) is 0 Å². The molecule has 0 unspecified atom stereocenters. The normalized spacial score (nSPS) is 12.1. The second-order valence-electron chi connectivity index (χ2n) is 6.54. The van der Waals surface area contributed by atoms with Crippen LogP contribution in [-0.4, -0.2) is 51.0 Å². The molecule has 9 heteroatoms. The van der Waals surface area contributed by atoms with Crippen LogP contribution < -0.4 is 9.62 Å². The number of carbonyl (C=O) groups is 2. The van der Waals surface area contributed by atoms with Gasteiger partial charge in [0.25, 0.3) is 0 Å². The van der Waals surface area contributed by atoms with Gasteiger partial charge in [0.2, 0.25) is 21.8 Å². The average molecular weight is 529 g/mol. The van der Waals surface area contributed by atoms with E-state index in [1.807, 2.05) is 30.3 Å². The van der Waals surface area contributed by atoms with Gasteiger partial charge in [-0.25, -0.2) is 8.42 Å². The molecule has 2 aromatic carbocycles. The number of sulfonamides is 1. The Labute approximate surface area is 185 Å². The number of hydrogen-bond acceptors (Lipinski definition) is 4. The zero-order valence-corrected chi connectivity index (χ0v) is 19.5. The van der Waals surface area contributed by atoms with Crippen molar-refractivity contribution < 1.29 is 18.0 Å². The minimum atomic E-state index is -3.70. The monoisotopic (exact) mass is 529 g/mol. The summed E-state index contributed by atoms with van der Waals surface area (Å²) in [7, 11) is -2.20. The highest BCUT2D eigenvalue weighted by Crippen LogP contribution is 2.20. The van der Waals surface area contributed by atoms with E-state index in [1.54, 1.807) is 31.2 Å². The molecule has 2 amide bonds. The fourth-order valence-corrected chi connectivity index (χ4v) is 4.00. The predicted octanol–water partition coefficient (Wildman–Crippen LogP) is 2.22. The Hall–Kier alpha value is -2.14. The van der Waals surface area contributed by atoms with Crippen LogP contribution in [0.1, 0.15) is 12.5 Å². The lowest BCUT2D eigenvalue weighted by Crippen LogP contribution is -2.50. The van der Waals surface area contributed by atoms with Crippen LogP contribution in [0.5, 0.6) is 0 Å². The minimum Gasteiger partial charge on any atom is -0.357 e. The summed E-state index contributed by atoms with van der Waals surface area (Å²) in [6.45, 7) is 1.42. The molecule has 0 radical (unpaired) electrons. The highest BCUT2D eigenvalue weighted by Gasteiger charge is 2.29. The molecule has 0 fully saturated rings. The smallest absolute Gasteiger partial charge is 0.244 e. The summed E-state index contributed by atoms with van der Waals surface area (Å²) in [6.07, 6.45) is 1.06. The van der Waals surface area contributed by atoms with E-state index in [2.05, 4.69) is 27.9 Å². The van der Waals surface area contributed by atoms with E-state index < -0.39 is 28.5 Å². The van der Waals surface area contributed by atoms with E-state index >= 15 is 0 Å². The fourth-order valence-electron chi connectivity index (χ4n) is 2.79. The fraction of sp³-hybridized carbons (Fsp3) is 0.300. The molecule has 1 atom stereocenters. The van der Waals surface area contributed by atoms with Crippen molar-refractivity contribution in [1.82, 2.24) is 10.2 Å². The number of nitrogens with zero attached hydrogens (tertiary/aromatic N) is 2. The Kier molecular flexibility index (Phi) is 8.03. The van der Waals surface area contributed by atoms with Crippen molar-refractivity contribution in [3.8, 4) is 0 Å². The summed E-state index contributed by atoms with van der Waals surface area (Å²) in [5, 5.41) is 2.54. The molecule has 0 bridgehead atoms. The van der Waals surface area contributed by atoms with E-state index in [4.69, 9.17) is 0 Å². The highest BCUT2D eigenvalue weighted by molar-refractivity contribution is 14.1. The van der Waals surface area contributed by atoms with Gasteiger partial charge in [-0.3, -0.25) is 13.9 Å². The van der Waals surface area contributed by atoms with E-state index in [1.165, 1.54) is 11.9 Å². The molecule has 0 saturated carbocycles. The number of nitrogens with one attached hydrogen (secondary N) is 1. The molecule has 1 N–H and O–H groups in total. The summed E-state index contributed by atoms with van der Waals surface area (Å²) in [5.41, 5.74) is 1.24. The van der Waals surface area contributed by atoms with Crippen LogP contribution in [0.25, 0.3) is 0 Å². The van der Waals surface area contributed by atoms with Crippen LogP contribution in [0, 0.1) is 3.57 Å². The van der Waals surface area contributed by atoms with Gasteiger partial charge in [0.15, 0.2) is 0 Å². The second-order valence-corrected chi connectivity index (χ2v) is 9.70.